The predicted molar refractivity (Wildman–Crippen MR) is 89.5 cm³/mol. The van der Waals surface area contributed by atoms with E-state index in [1.807, 2.05) is 6.07 Å². The van der Waals surface area contributed by atoms with Gasteiger partial charge in [0.1, 0.15) is 5.75 Å². The van der Waals surface area contributed by atoms with Crippen LogP contribution in [0, 0.1) is 0 Å². The van der Waals surface area contributed by atoms with Crippen molar-refractivity contribution in [2.45, 2.75) is 52.1 Å². The normalized spacial score (nSPS) is 11.1. The minimum absolute atomic E-state index is 0.259. The molecule has 0 atom stereocenters. The Balaban J connectivity index is 2.57. The lowest BCUT2D eigenvalue weighted by atomic mass is 10.2. The number of nitrogens with one attached hydrogen (secondary N) is 1. The fourth-order valence-corrected chi connectivity index (χ4v) is 2.55. The molecule has 0 amide bonds. The zero-order valence-corrected chi connectivity index (χ0v) is 14.3. The van der Waals surface area contributed by atoms with Gasteiger partial charge in [0.25, 0.3) is 0 Å². The third-order valence-corrected chi connectivity index (χ3v) is 3.58. The van der Waals surface area contributed by atoms with E-state index in [9.17, 15) is 0 Å². The van der Waals surface area contributed by atoms with Gasteiger partial charge in [0.05, 0.1) is 11.6 Å². The summed E-state index contributed by atoms with van der Waals surface area (Å²) < 4.78 is 5.84. The van der Waals surface area contributed by atoms with E-state index < -0.39 is 0 Å². The molecular weight excluding hydrogens is 309 g/mol. The Bertz CT molecular complexity index is 425. The first kappa shape index (κ1) is 18.6. The van der Waals surface area contributed by atoms with Crippen molar-refractivity contribution in [2.75, 3.05) is 13.2 Å². The van der Waals surface area contributed by atoms with Crippen LogP contribution in [0.3, 0.4) is 0 Å². The maximum atomic E-state index is 8.74. The monoisotopic (exact) mass is 333 g/mol. The molecule has 0 aromatic heterocycles. The van der Waals surface area contributed by atoms with E-state index in [1.54, 1.807) is 6.07 Å². The first-order chi connectivity index (χ1) is 10.0. The highest BCUT2D eigenvalue weighted by atomic mass is 35.5. The van der Waals surface area contributed by atoms with Crippen molar-refractivity contribution in [1.82, 2.24) is 5.32 Å². The smallest absolute Gasteiger partial charge is 0.142 e. The number of unbranched alkanes of at least 4 members (excludes halogenated alkanes) is 3. The van der Waals surface area contributed by atoms with Gasteiger partial charge in [-0.25, -0.2) is 0 Å². The fraction of sp³-hybridized carbons (Fsp3) is 0.625. The van der Waals surface area contributed by atoms with Gasteiger partial charge in [-0.1, -0.05) is 43.5 Å². The van der Waals surface area contributed by atoms with E-state index in [0.29, 0.717) is 29.2 Å². The van der Waals surface area contributed by atoms with E-state index >= 15 is 0 Å². The Kier molecular flexibility index (Phi) is 9.09. The van der Waals surface area contributed by atoms with Crippen LogP contribution in [0.2, 0.25) is 10.0 Å². The molecule has 0 saturated heterocycles. The summed E-state index contributed by atoms with van der Waals surface area (Å²) in [5.41, 5.74) is 0.983. The molecule has 1 rings (SSSR count). The molecule has 0 aliphatic rings. The van der Waals surface area contributed by atoms with Gasteiger partial charge in [0.15, 0.2) is 0 Å². The molecule has 5 heteroatoms. The van der Waals surface area contributed by atoms with Crippen molar-refractivity contribution in [2.24, 2.45) is 0 Å². The van der Waals surface area contributed by atoms with E-state index in [4.69, 9.17) is 33.0 Å². The number of halogens is 2. The van der Waals surface area contributed by atoms with Gasteiger partial charge in [-0.15, -0.1) is 0 Å². The van der Waals surface area contributed by atoms with Gasteiger partial charge in [-0.2, -0.15) is 0 Å². The average Bonchev–Trinajstić information content (AvgIpc) is 2.42. The number of hydrogen-bond acceptors (Lipinski definition) is 3. The zero-order valence-electron chi connectivity index (χ0n) is 12.8. The number of benzene rings is 1. The maximum absolute atomic E-state index is 8.74. The Morgan fingerprint density at radius 3 is 2.52 bits per heavy atom. The van der Waals surface area contributed by atoms with Crippen LogP contribution in [0.25, 0.3) is 0 Å². The summed E-state index contributed by atoms with van der Waals surface area (Å²) in [6.07, 6.45) is 3.88. The van der Waals surface area contributed by atoms with Gasteiger partial charge in [-0.05, 0) is 31.4 Å². The van der Waals surface area contributed by atoms with Crippen molar-refractivity contribution < 1.29 is 9.84 Å². The van der Waals surface area contributed by atoms with Gasteiger partial charge < -0.3 is 15.2 Å². The second kappa shape index (κ2) is 10.3. The van der Waals surface area contributed by atoms with E-state index in [1.165, 1.54) is 0 Å². The summed E-state index contributed by atoms with van der Waals surface area (Å²) in [5, 5.41) is 13.3. The molecule has 0 aliphatic carbocycles. The Morgan fingerprint density at radius 2 is 1.86 bits per heavy atom. The molecule has 0 bridgehead atoms. The maximum Gasteiger partial charge on any atom is 0.142 e. The topological polar surface area (TPSA) is 41.5 Å². The first-order valence-corrected chi connectivity index (χ1v) is 8.25. The highest BCUT2D eigenvalue weighted by Gasteiger charge is 2.11. The van der Waals surface area contributed by atoms with E-state index in [0.717, 1.165) is 37.0 Å². The van der Waals surface area contributed by atoms with E-state index in [-0.39, 0.29) is 6.61 Å². The van der Waals surface area contributed by atoms with Crippen LogP contribution in [0.1, 0.15) is 45.1 Å². The highest BCUT2D eigenvalue weighted by Crippen LogP contribution is 2.32. The van der Waals surface area contributed by atoms with Crippen molar-refractivity contribution in [3.8, 4) is 5.75 Å². The van der Waals surface area contributed by atoms with Gasteiger partial charge >= 0.3 is 0 Å². The second-order valence-electron chi connectivity index (χ2n) is 5.40. The number of rotatable bonds is 10. The zero-order chi connectivity index (χ0) is 15.7. The highest BCUT2D eigenvalue weighted by molar-refractivity contribution is 6.35. The number of ether oxygens (including phenoxy) is 1. The summed E-state index contributed by atoms with van der Waals surface area (Å²) >= 11 is 12.3. The minimum Gasteiger partial charge on any atom is -0.492 e. The van der Waals surface area contributed by atoms with Crippen molar-refractivity contribution in [3.05, 3.63) is 27.7 Å². The van der Waals surface area contributed by atoms with Crippen LogP contribution in [-0.2, 0) is 6.54 Å². The Labute approximate surface area is 137 Å². The first-order valence-electron chi connectivity index (χ1n) is 7.49. The summed E-state index contributed by atoms with van der Waals surface area (Å²) in [7, 11) is 0. The molecule has 0 fully saturated rings. The van der Waals surface area contributed by atoms with Crippen LogP contribution in [0.5, 0.6) is 5.75 Å². The lowest BCUT2D eigenvalue weighted by Crippen LogP contribution is -2.22. The molecule has 0 unspecified atom stereocenters. The quantitative estimate of drug-likeness (QED) is 0.622. The molecule has 1 aromatic carbocycles. The lowest BCUT2D eigenvalue weighted by Gasteiger charge is -2.15. The average molecular weight is 334 g/mol. The van der Waals surface area contributed by atoms with Crippen molar-refractivity contribution in [1.29, 1.82) is 0 Å². The van der Waals surface area contributed by atoms with Crippen molar-refractivity contribution in [3.63, 3.8) is 0 Å². The minimum atomic E-state index is 0.259. The van der Waals surface area contributed by atoms with Crippen LogP contribution in [-0.4, -0.2) is 24.4 Å². The van der Waals surface area contributed by atoms with Gasteiger partial charge in [0.2, 0.25) is 0 Å². The van der Waals surface area contributed by atoms with Gasteiger partial charge in [-0.3, -0.25) is 0 Å². The molecule has 0 spiro atoms. The molecule has 0 radical (unpaired) electrons. The van der Waals surface area contributed by atoms with E-state index in [2.05, 4.69) is 19.2 Å². The molecule has 120 valence electrons. The Morgan fingerprint density at radius 1 is 1.14 bits per heavy atom. The van der Waals surface area contributed by atoms with Crippen LogP contribution in [0.4, 0.5) is 0 Å². The third kappa shape index (κ3) is 7.37. The van der Waals surface area contributed by atoms with Gasteiger partial charge in [0, 0.05) is 29.8 Å². The largest absolute Gasteiger partial charge is 0.492 e. The fourth-order valence-electron chi connectivity index (χ4n) is 1.96. The SMILES string of the molecule is CC(C)NCc1cc(Cl)cc(Cl)c1OCCCCCCO. The molecule has 0 aliphatic heterocycles. The lowest BCUT2D eigenvalue weighted by molar-refractivity contribution is 0.272. The number of hydrogen-bond donors (Lipinski definition) is 2. The number of aliphatic hydroxyl groups is 1. The standard InChI is InChI=1S/C16H25Cl2NO2/c1-12(2)19-11-13-9-14(17)10-15(18)16(13)21-8-6-4-3-5-7-20/h9-10,12,19-20H,3-8,11H2,1-2H3. The molecule has 2 N–H and O–H groups in total. The molecule has 21 heavy (non-hydrogen) atoms. The molecular formula is C16H25Cl2NO2. The third-order valence-electron chi connectivity index (χ3n) is 3.08. The summed E-state index contributed by atoms with van der Waals surface area (Å²) in [6, 6.07) is 3.99. The summed E-state index contributed by atoms with van der Waals surface area (Å²) in [6.45, 7) is 5.75. The molecule has 0 saturated carbocycles. The summed E-state index contributed by atoms with van der Waals surface area (Å²) in [4.78, 5) is 0. The second-order valence-corrected chi connectivity index (χ2v) is 6.24. The molecule has 1 aromatic rings. The van der Waals surface area contributed by atoms with Crippen LogP contribution >= 0.6 is 23.2 Å². The number of aliphatic hydroxyl groups excluding tert-OH is 1. The van der Waals surface area contributed by atoms with Crippen LogP contribution in [0.15, 0.2) is 12.1 Å². The predicted octanol–water partition coefficient (Wildman–Crippen LogP) is 4.42. The molecule has 0 heterocycles. The summed E-state index contributed by atoms with van der Waals surface area (Å²) in [5.74, 6) is 0.719. The Hall–Kier alpha value is -0.480. The van der Waals surface area contributed by atoms with Crippen LogP contribution < -0.4 is 10.1 Å². The van der Waals surface area contributed by atoms with Crippen molar-refractivity contribution >= 4 is 23.2 Å². The molecule has 3 nitrogen and oxygen atoms in total.